The third-order valence-electron chi connectivity index (χ3n) is 4.07. The Morgan fingerprint density at radius 1 is 1.24 bits per heavy atom. The smallest absolute Gasteiger partial charge is 0.236 e. The van der Waals surface area contributed by atoms with Crippen LogP contribution in [0.1, 0.15) is 44.7 Å². The van der Waals surface area contributed by atoms with E-state index < -0.39 is 0 Å². The minimum Gasteiger partial charge on any atom is -0.340 e. The molecule has 1 aliphatic rings. The van der Waals surface area contributed by atoms with Gasteiger partial charge in [0.15, 0.2) is 0 Å². The third-order valence-corrected chi connectivity index (χ3v) is 4.07. The molecule has 1 saturated carbocycles. The van der Waals surface area contributed by atoms with Crippen LogP contribution < -0.4 is 5.32 Å². The highest BCUT2D eigenvalue weighted by Gasteiger charge is 2.21. The number of benzene rings is 1. The summed E-state index contributed by atoms with van der Waals surface area (Å²) in [7, 11) is 1.87. The normalized spacial score (nSPS) is 15.0. The molecule has 1 N–H and O–H groups in total. The van der Waals surface area contributed by atoms with Crippen molar-refractivity contribution < 1.29 is 4.79 Å². The van der Waals surface area contributed by atoms with Crippen molar-refractivity contribution in [1.82, 2.24) is 10.2 Å². The minimum atomic E-state index is 0.163. The average molecular weight is 288 g/mol. The molecular weight excluding hydrogens is 260 g/mol. The topological polar surface area (TPSA) is 32.3 Å². The molecular formula is C18H28N2O. The highest BCUT2D eigenvalue weighted by Crippen LogP contribution is 2.27. The zero-order valence-corrected chi connectivity index (χ0v) is 13.8. The van der Waals surface area contributed by atoms with E-state index in [9.17, 15) is 4.79 Å². The van der Waals surface area contributed by atoms with Crippen molar-refractivity contribution in [1.29, 1.82) is 0 Å². The second-order valence-corrected chi connectivity index (χ2v) is 7.27. The predicted octanol–water partition coefficient (Wildman–Crippen LogP) is 2.94. The number of carbonyl (C=O) groups excluding carboxylic acids is 1. The van der Waals surface area contributed by atoms with E-state index >= 15 is 0 Å². The number of carbonyl (C=O) groups is 1. The van der Waals surface area contributed by atoms with Crippen LogP contribution in [0.25, 0.3) is 0 Å². The lowest BCUT2D eigenvalue weighted by Gasteiger charge is -2.21. The van der Waals surface area contributed by atoms with Gasteiger partial charge in [0.1, 0.15) is 0 Å². The summed E-state index contributed by atoms with van der Waals surface area (Å²) in [6.07, 6.45) is 2.63. The molecule has 0 aliphatic heterocycles. The summed E-state index contributed by atoms with van der Waals surface area (Å²) in [5.74, 6) is 0.976. The van der Waals surface area contributed by atoms with Crippen molar-refractivity contribution in [3.8, 4) is 0 Å². The van der Waals surface area contributed by atoms with Gasteiger partial charge in [0, 0.05) is 13.6 Å². The second kappa shape index (κ2) is 6.61. The molecule has 1 aliphatic carbocycles. The lowest BCUT2D eigenvalue weighted by molar-refractivity contribution is -0.129. The van der Waals surface area contributed by atoms with Crippen molar-refractivity contribution >= 4 is 5.91 Å². The summed E-state index contributed by atoms with van der Waals surface area (Å²) in [6, 6.07) is 8.59. The quantitative estimate of drug-likeness (QED) is 0.873. The lowest BCUT2D eigenvalue weighted by atomic mass is 9.87. The molecule has 0 spiro atoms. The Kier molecular flexibility index (Phi) is 5.04. The van der Waals surface area contributed by atoms with Gasteiger partial charge in [-0.1, -0.05) is 45.0 Å². The maximum Gasteiger partial charge on any atom is 0.236 e. The number of hydrogen-bond acceptors (Lipinski definition) is 2. The van der Waals surface area contributed by atoms with Gasteiger partial charge >= 0.3 is 0 Å². The summed E-state index contributed by atoms with van der Waals surface area (Å²) in [6.45, 7) is 8.75. The summed E-state index contributed by atoms with van der Waals surface area (Å²) >= 11 is 0. The zero-order chi connectivity index (χ0) is 15.5. The summed E-state index contributed by atoms with van der Waals surface area (Å²) in [4.78, 5) is 13.8. The number of nitrogens with zero attached hydrogens (tertiary/aromatic N) is 1. The van der Waals surface area contributed by atoms with Crippen LogP contribution in [0.15, 0.2) is 24.3 Å². The second-order valence-electron chi connectivity index (χ2n) is 7.27. The molecule has 3 nitrogen and oxygen atoms in total. The van der Waals surface area contributed by atoms with Crippen LogP contribution in [0.2, 0.25) is 0 Å². The van der Waals surface area contributed by atoms with Gasteiger partial charge in [-0.25, -0.2) is 0 Å². The Labute approximate surface area is 128 Å². The molecule has 0 bridgehead atoms. The van der Waals surface area contributed by atoms with Gasteiger partial charge in [-0.05, 0) is 41.8 Å². The lowest BCUT2D eigenvalue weighted by Crippen LogP contribution is -2.35. The number of nitrogens with one attached hydrogen (secondary N) is 1. The largest absolute Gasteiger partial charge is 0.340 e. The van der Waals surface area contributed by atoms with Gasteiger partial charge in [0.25, 0.3) is 0 Å². The Balaban J connectivity index is 1.80. The monoisotopic (exact) mass is 288 g/mol. The highest BCUT2D eigenvalue weighted by molar-refractivity contribution is 5.77. The third kappa shape index (κ3) is 5.16. The molecule has 0 unspecified atom stereocenters. The molecule has 1 amide bonds. The highest BCUT2D eigenvalue weighted by atomic mass is 16.2. The van der Waals surface area contributed by atoms with Gasteiger partial charge in [-0.15, -0.1) is 0 Å². The molecule has 1 fully saturated rings. The molecule has 1 aromatic carbocycles. The summed E-state index contributed by atoms with van der Waals surface area (Å²) in [5, 5.41) is 3.25. The fraction of sp³-hybridized carbons (Fsp3) is 0.611. The Bertz CT molecular complexity index is 469. The Morgan fingerprint density at radius 2 is 1.86 bits per heavy atom. The molecule has 2 rings (SSSR count). The Morgan fingerprint density at radius 3 is 2.38 bits per heavy atom. The van der Waals surface area contributed by atoms with E-state index in [2.05, 4.69) is 50.4 Å². The van der Waals surface area contributed by atoms with E-state index in [1.54, 1.807) is 4.90 Å². The van der Waals surface area contributed by atoms with Crippen LogP contribution in [0.4, 0.5) is 0 Å². The first kappa shape index (κ1) is 16.0. The number of rotatable bonds is 6. The first-order valence-corrected chi connectivity index (χ1v) is 7.90. The summed E-state index contributed by atoms with van der Waals surface area (Å²) in [5.41, 5.74) is 2.68. The van der Waals surface area contributed by atoms with Crippen molar-refractivity contribution in [3.63, 3.8) is 0 Å². The standard InChI is InChI=1S/C18H28N2O/c1-18(2,3)16-9-7-15(8-10-16)13-20(4)17(21)12-19-11-14-5-6-14/h7-10,14,19H,5-6,11-13H2,1-4H3. The fourth-order valence-corrected chi connectivity index (χ4v) is 2.31. The molecule has 3 heteroatoms. The fourth-order valence-electron chi connectivity index (χ4n) is 2.31. The van der Waals surface area contributed by atoms with Gasteiger partial charge in [-0.3, -0.25) is 4.79 Å². The van der Waals surface area contributed by atoms with Gasteiger partial charge in [-0.2, -0.15) is 0 Å². The molecule has 0 radical (unpaired) electrons. The average Bonchev–Trinajstić information content (AvgIpc) is 3.22. The van der Waals surface area contributed by atoms with Crippen LogP contribution in [0.5, 0.6) is 0 Å². The van der Waals surface area contributed by atoms with Crippen LogP contribution in [-0.2, 0) is 16.8 Å². The number of amides is 1. The van der Waals surface area contributed by atoms with E-state index in [1.807, 2.05) is 7.05 Å². The van der Waals surface area contributed by atoms with Gasteiger partial charge in [0.2, 0.25) is 5.91 Å². The van der Waals surface area contributed by atoms with Crippen LogP contribution in [0, 0.1) is 5.92 Å². The first-order chi connectivity index (χ1) is 9.86. The van der Waals surface area contributed by atoms with Crippen molar-refractivity contribution in [2.24, 2.45) is 5.92 Å². The molecule has 1 aromatic rings. The number of hydrogen-bond donors (Lipinski definition) is 1. The van der Waals surface area contributed by atoms with Crippen LogP contribution >= 0.6 is 0 Å². The van der Waals surface area contributed by atoms with E-state index in [0.717, 1.165) is 12.5 Å². The van der Waals surface area contributed by atoms with Gasteiger partial charge < -0.3 is 10.2 Å². The van der Waals surface area contributed by atoms with Crippen molar-refractivity contribution in [2.75, 3.05) is 20.1 Å². The maximum absolute atomic E-state index is 12.0. The summed E-state index contributed by atoms with van der Waals surface area (Å²) < 4.78 is 0. The minimum absolute atomic E-state index is 0.163. The van der Waals surface area contributed by atoms with Crippen LogP contribution in [-0.4, -0.2) is 30.9 Å². The zero-order valence-electron chi connectivity index (χ0n) is 13.8. The van der Waals surface area contributed by atoms with E-state index in [0.29, 0.717) is 13.1 Å². The van der Waals surface area contributed by atoms with E-state index in [1.165, 1.54) is 24.0 Å². The molecule has 0 aromatic heterocycles. The molecule has 0 heterocycles. The SMILES string of the molecule is CN(Cc1ccc(C(C)(C)C)cc1)C(=O)CNCC1CC1. The Hall–Kier alpha value is -1.35. The molecule has 0 atom stereocenters. The first-order valence-electron chi connectivity index (χ1n) is 7.90. The maximum atomic E-state index is 12.0. The molecule has 116 valence electrons. The van der Waals surface area contributed by atoms with E-state index in [4.69, 9.17) is 0 Å². The van der Waals surface area contributed by atoms with Crippen molar-refractivity contribution in [3.05, 3.63) is 35.4 Å². The van der Waals surface area contributed by atoms with Gasteiger partial charge in [0.05, 0.1) is 6.54 Å². The number of likely N-dealkylation sites (N-methyl/N-ethyl adjacent to an activating group) is 1. The molecule has 0 saturated heterocycles. The van der Waals surface area contributed by atoms with Crippen LogP contribution in [0.3, 0.4) is 0 Å². The van der Waals surface area contributed by atoms with E-state index in [-0.39, 0.29) is 11.3 Å². The van der Waals surface area contributed by atoms with Crippen molar-refractivity contribution in [2.45, 2.75) is 45.6 Å². The molecule has 21 heavy (non-hydrogen) atoms. The predicted molar refractivity (Wildman–Crippen MR) is 87.2 cm³/mol.